The van der Waals surface area contributed by atoms with E-state index < -0.39 is 24.5 Å². The van der Waals surface area contributed by atoms with Crippen molar-refractivity contribution in [2.45, 2.75) is 24.5 Å². The molecule has 0 aliphatic carbocycles. The van der Waals surface area contributed by atoms with E-state index in [9.17, 15) is 14.6 Å². The molecule has 102 valence electrons. The number of aliphatic hydroxyl groups excluding tert-OH is 3. The highest BCUT2D eigenvalue weighted by molar-refractivity contribution is 5.80. The Kier molecular flexibility index (Phi) is 3.02. The Balaban J connectivity index is 2.01. The molecule has 0 spiro atoms. The Hall–Kier alpha value is -1.47. The van der Waals surface area contributed by atoms with E-state index in [-0.39, 0.29) is 12.4 Å². The third kappa shape index (κ3) is 1.93. The summed E-state index contributed by atoms with van der Waals surface area (Å²) in [4.78, 5) is 0. The second kappa shape index (κ2) is 4.57. The Morgan fingerprint density at radius 1 is 1.21 bits per heavy atom. The van der Waals surface area contributed by atoms with Crippen LogP contribution in [0.3, 0.4) is 0 Å². The summed E-state index contributed by atoms with van der Waals surface area (Å²) in [5, 5.41) is 29.4. The van der Waals surface area contributed by atoms with E-state index >= 15 is 0 Å². The number of ether oxygens (including phenoxy) is 1. The zero-order chi connectivity index (χ0) is 13.6. The predicted molar refractivity (Wildman–Crippen MR) is 64.9 cm³/mol. The van der Waals surface area contributed by atoms with E-state index in [0.29, 0.717) is 10.9 Å². The van der Waals surface area contributed by atoms with Gasteiger partial charge in [-0.1, -0.05) is 0 Å². The smallest absolute Gasteiger partial charge is 0.163 e. The first-order valence-electron chi connectivity index (χ1n) is 6.00. The molecule has 1 aromatic heterocycles. The number of aromatic nitrogens is 1. The largest absolute Gasteiger partial charge is 0.394 e. The molecule has 2 aromatic rings. The quantitative estimate of drug-likeness (QED) is 0.736. The van der Waals surface area contributed by atoms with Crippen LogP contribution in [-0.4, -0.2) is 44.8 Å². The SMILES string of the molecule is OC[C@H]1O[C@@H](n2ccc3cc(F)ccc32)[C@H](O)[C@@H]1O. The molecule has 3 N–H and O–H groups in total. The van der Waals surface area contributed by atoms with Gasteiger partial charge >= 0.3 is 0 Å². The summed E-state index contributed by atoms with van der Waals surface area (Å²) in [6, 6.07) is 5.99. The molecule has 4 atom stereocenters. The van der Waals surface area contributed by atoms with Crippen molar-refractivity contribution >= 4 is 10.9 Å². The summed E-state index contributed by atoms with van der Waals surface area (Å²) in [6.07, 6.45) is -2.25. The summed E-state index contributed by atoms with van der Waals surface area (Å²) in [5.41, 5.74) is 0.691. The highest BCUT2D eigenvalue weighted by atomic mass is 19.1. The minimum absolute atomic E-state index is 0.341. The van der Waals surface area contributed by atoms with Gasteiger partial charge in [0.05, 0.1) is 12.1 Å². The number of hydrogen-bond donors (Lipinski definition) is 3. The molecule has 6 heteroatoms. The van der Waals surface area contributed by atoms with Crippen molar-refractivity contribution in [1.29, 1.82) is 0 Å². The number of nitrogens with zero attached hydrogens (tertiary/aromatic N) is 1. The molecule has 19 heavy (non-hydrogen) atoms. The summed E-state index contributed by atoms with van der Waals surface area (Å²) < 4.78 is 20.2. The topological polar surface area (TPSA) is 74.9 Å². The fourth-order valence-corrected chi connectivity index (χ4v) is 2.47. The number of aliphatic hydroxyl groups is 3. The highest BCUT2D eigenvalue weighted by Gasteiger charge is 2.43. The first kappa shape index (κ1) is 12.6. The molecule has 1 aromatic carbocycles. The number of hydrogen-bond acceptors (Lipinski definition) is 4. The molecular weight excluding hydrogens is 253 g/mol. The average Bonchev–Trinajstić information content (AvgIpc) is 2.92. The Labute approximate surface area is 108 Å². The molecule has 1 saturated heterocycles. The molecule has 2 heterocycles. The lowest BCUT2D eigenvalue weighted by molar-refractivity contribution is -0.0506. The maximum atomic E-state index is 13.1. The molecule has 0 saturated carbocycles. The maximum absolute atomic E-state index is 13.1. The van der Waals surface area contributed by atoms with Gasteiger partial charge in [-0.15, -0.1) is 0 Å². The van der Waals surface area contributed by atoms with Gasteiger partial charge in [-0.2, -0.15) is 0 Å². The zero-order valence-electron chi connectivity index (χ0n) is 9.98. The van der Waals surface area contributed by atoms with Crippen molar-refractivity contribution in [2.24, 2.45) is 0 Å². The van der Waals surface area contributed by atoms with Crippen LogP contribution in [0.1, 0.15) is 6.23 Å². The molecule has 0 bridgehead atoms. The van der Waals surface area contributed by atoms with Crippen LogP contribution in [0.15, 0.2) is 30.5 Å². The van der Waals surface area contributed by atoms with E-state index in [1.54, 1.807) is 22.9 Å². The average molecular weight is 267 g/mol. The lowest BCUT2D eigenvalue weighted by Crippen LogP contribution is -2.33. The van der Waals surface area contributed by atoms with Gasteiger partial charge in [-0.25, -0.2) is 4.39 Å². The Morgan fingerprint density at radius 2 is 2.00 bits per heavy atom. The third-order valence-corrected chi connectivity index (χ3v) is 3.47. The van der Waals surface area contributed by atoms with Crippen LogP contribution < -0.4 is 0 Å². The van der Waals surface area contributed by atoms with Crippen LogP contribution in [-0.2, 0) is 4.74 Å². The van der Waals surface area contributed by atoms with Crippen molar-refractivity contribution < 1.29 is 24.4 Å². The molecule has 5 nitrogen and oxygen atoms in total. The minimum atomic E-state index is -1.15. The van der Waals surface area contributed by atoms with Crippen LogP contribution in [0.2, 0.25) is 0 Å². The fraction of sp³-hybridized carbons (Fsp3) is 0.385. The van der Waals surface area contributed by atoms with Gasteiger partial charge in [0.15, 0.2) is 6.23 Å². The Morgan fingerprint density at radius 3 is 2.68 bits per heavy atom. The van der Waals surface area contributed by atoms with Gasteiger partial charge in [-0.3, -0.25) is 0 Å². The van der Waals surface area contributed by atoms with Gasteiger partial charge in [0.25, 0.3) is 0 Å². The molecule has 3 rings (SSSR count). The standard InChI is InChI=1S/C13H14FNO4/c14-8-1-2-9-7(5-8)3-4-15(9)13-12(18)11(17)10(6-16)19-13/h1-5,10-13,16-18H,6H2/t10-,11-,12-,13-/m1/s1. The van der Waals surface area contributed by atoms with Gasteiger partial charge in [0.2, 0.25) is 0 Å². The van der Waals surface area contributed by atoms with Crippen LogP contribution in [0.5, 0.6) is 0 Å². The number of benzene rings is 1. The normalized spacial score (nSPS) is 31.2. The second-order valence-corrected chi connectivity index (χ2v) is 4.66. The monoisotopic (exact) mass is 267 g/mol. The molecule has 1 fully saturated rings. The first-order chi connectivity index (χ1) is 9.11. The summed E-state index contributed by atoms with van der Waals surface area (Å²) in [5.74, 6) is -0.341. The van der Waals surface area contributed by atoms with Crippen molar-refractivity contribution in [3.8, 4) is 0 Å². The third-order valence-electron chi connectivity index (χ3n) is 3.47. The fourth-order valence-electron chi connectivity index (χ4n) is 2.47. The highest BCUT2D eigenvalue weighted by Crippen LogP contribution is 2.32. The van der Waals surface area contributed by atoms with Crippen molar-refractivity contribution in [1.82, 2.24) is 4.57 Å². The molecule has 0 radical (unpaired) electrons. The van der Waals surface area contributed by atoms with Crippen molar-refractivity contribution in [2.75, 3.05) is 6.61 Å². The van der Waals surface area contributed by atoms with Crippen LogP contribution in [0.25, 0.3) is 10.9 Å². The number of halogens is 1. The lowest BCUT2D eigenvalue weighted by atomic mass is 10.1. The first-order valence-corrected chi connectivity index (χ1v) is 6.00. The van der Waals surface area contributed by atoms with Crippen LogP contribution >= 0.6 is 0 Å². The van der Waals surface area contributed by atoms with E-state index in [1.807, 2.05) is 0 Å². The van der Waals surface area contributed by atoms with Crippen molar-refractivity contribution in [3.63, 3.8) is 0 Å². The van der Waals surface area contributed by atoms with E-state index in [1.165, 1.54) is 12.1 Å². The molecular formula is C13H14FNO4. The van der Waals surface area contributed by atoms with Gasteiger partial charge in [0.1, 0.15) is 24.1 Å². The molecule has 0 unspecified atom stereocenters. The zero-order valence-corrected chi connectivity index (χ0v) is 9.98. The van der Waals surface area contributed by atoms with Crippen LogP contribution in [0.4, 0.5) is 4.39 Å². The Bertz CT molecular complexity index is 599. The second-order valence-electron chi connectivity index (χ2n) is 4.66. The predicted octanol–water partition coefficient (Wildman–Crippen LogP) is 0.392. The van der Waals surface area contributed by atoms with Gasteiger partial charge in [0, 0.05) is 11.6 Å². The van der Waals surface area contributed by atoms with Gasteiger partial charge in [-0.05, 0) is 24.3 Å². The molecule has 1 aliphatic rings. The number of fused-ring (bicyclic) bond motifs is 1. The number of rotatable bonds is 2. The molecule has 1 aliphatic heterocycles. The lowest BCUT2D eigenvalue weighted by Gasteiger charge is -2.17. The maximum Gasteiger partial charge on any atom is 0.163 e. The van der Waals surface area contributed by atoms with E-state index in [2.05, 4.69) is 0 Å². The molecule has 0 amide bonds. The van der Waals surface area contributed by atoms with Crippen molar-refractivity contribution in [3.05, 3.63) is 36.3 Å². The van der Waals surface area contributed by atoms with Crippen LogP contribution in [0, 0.1) is 5.82 Å². The van der Waals surface area contributed by atoms with E-state index in [4.69, 9.17) is 9.84 Å². The minimum Gasteiger partial charge on any atom is -0.394 e. The van der Waals surface area contributed by atoms with E-state index in [0.717, 1.165) is 0 Å². The summed E-state index contributed by atoms with van der Waals surface area (Å²) >= 11 is 0. The van der Waals surface area contributed by atoms with Gasteiger partial charge < -0.3 is 24.6 Å². The summed E-state index contributed by atoms with van der Waals surface area (Å²) in [7, 11) is 0. The summed E-state index contributed by atoms with van der Waals surface area (Å²) in [6.45, 7) is -0.372.